The van der Waals surface area contributed by atoms with E-state index in [1.54, 1.807) is 27.7 Å². The van der Waals surface area contributed by atoms with Gasteiger partial charge in [0.05, 0.1) is 25.3 Å². The number of halogens is 1. The lowest BCUT2D eigenvalue weighted by molar-refractivity contribution is 0.179. The standard InChI is InChI=1S/C22H25FN6O2/c1-2-24-22(30)27-10-11-31-19-6-5-16(23)12-17(19)18-4-3-8-28(18)20-7-9-29-21(26-20)15(14-27)13-25-29/h5-7,9,12-13,18H,2-4,8,10-11,14H2,1H3,(H,24,30). The van der Waals surface area contributed by atoms with Gasteiger partial charge >= 0.3 is 6.03 Å². The second-order valence-electron chi connectivity index (χ2n) is 7.86. The van der Waals surface area contributed by atoms with Gasteiger partial charge in [0.2, 0.25) is 0 Å². The van der Waals surface area contributed by atoms with Crippen LogP contribution in [0.3, 0.4) is 0 Å². The second kappa shape index (κ2) is 8.05. The summed E-state index contributed by atoms with van der Waals surface area (Å²) in [5.41, 5.74) is 2.40. The van der Waals surface area contributed by atoms with Crippen LogP contribution in [-0.2, 0) is 6.54 Å². The number of aromatic nitrogens is 3. The molecule has 9 heteroatoms. The summed E-state index contributed by atoms with van der Waals surface area (Å²) in [4.78, 5) is 21.4. The van der Waals surface area contributed by atoms with E-state index < -0.39 is 0 Å². The highest BCUT2D eigenvalue weighted by Gasteiger charge is 2.31. The van der Waals surface area contributed by atoms with E-state index >= 15 is 0 Å². The molecule has 31 heavy (non-hydrogen) atoms. The number of rotatable bonds is 1. The maximum Gasteiger partial charge on any atom is 0.317 e. The van der Waals surface area contributed by atoms with Crippen molar-refractivity contribution in [3.8, 4) is 5.75 Å². The lowest BCUT2D eigenvalue weighted by atomic mass is 10.0. The molecule has 2 aromatic heterocycles. The van der Waals surface area contributed by atoms with Crippen molar-refractivity contribution in [1.29, 1.82) is 0 Å². The van der Waals surface area contributed by atoms with Crippen molar-refractivity contribution < 1.29 is 13.9 Å². The minimum atomic E-state index is -0.288. The highest BCUT2D eigenvalue weighted by Crippen LogP contribution is 2.40. The normalized spacial score (nSPS) is 18.6. The Hall–Kier alpha value is -3.36. The van der Waals surface area contributed by atoms with Crippen LogP contribution in [0.4, 0.5) is 15.0 Å². The summed E-state index contributed by atoms with van der Waals surface area (Å²) in [5.74, 6) is 1.18. The first-order chi connectivity index (χ1) is 15.1. The average molecular weight is 424 g/mol. The van der Waals surface area contributed by atoms with Gasteiger partial charge in [0.1, 0.15) is 24.0 Å². The van der Waals surface area contributed by atoms with Crippen molar-refractivity contribution in [1.82, 2.24) is 24.8 Å². The van der Waals surface area contributed by atoms with Crippen LogP contribution in [-0.4, -0.2) is 51.8 Å². The Morgan fingerprint density at radius 2 is 2.23 bits per heavy atom. The van der Waals surface area contributed by atoms with Crippen molar-refractivity contribution in [3.63, 3.8) is 0 Å². The highest BCUT2D eigenvalue weighted by atomic mass is 19.1. The molecular formula is C22H25FN6O2. The van der Waals surface area contributed by atoms with Gasteiger partial charge in [0, 0.05) is 30.4 Å². The monoisotopic (exact) mass is 424 g/mol. The van der Waals surface area contributed by atoms with E-state index in [0.717, 1.165) is 42.0 Å². The number of nitrogens with one attached hydrogen (secondary N) is 1. The number of hydrogen-bond acceptors (Lipinski definition) is 5. The van der Waals surface area contributed by atoms with E-state index in [1.165, 1.54) is 6.07 Å². The summed E-state index contributed by atoms with van der Waals surface area (Å²) in [5, 5.41) is 7.26. The first-order valence-electron chi connectivity index (χ1n) is 10.7. The van der Waals surface area contributed by atoms with E-state index in [4.69, 9.17) is 9.72 Å². The minimum Gasteiger partial charge on any atom is -0.491 e. The number of nitrogens with zero attached hydrogens (tertiary/aromatic N) is 5. The molecule has 0 aliphatic carbocycles. The molecule has 3 aromatic rings. The molecular weight excluding hydrogens is 399 g/mol. The number of anilines is 1. The van der Waals surface area contributed by atoms with Gasteiger partial charge in [-0.15, -0.1) is 0 Å². The van der Waals surface area contributed by atoms with Gasteiger partial charge in [-0.1, -0.05) is 0 Å². The molecule has 5 rings (SSSR count). The van der Waals surface area contributed by atoms with E-state index in [1.807, 2.05) is 19.2 Å². The summed E-state index contributed by atoms with van der Waals surface area (Å²) < 4.78 is 22.0. The van der Waals surface area contributed by atoms with Crippen LogP contribution in [0.25, 0.3) is 5.65 Å². The molecule has 8 nitrogen and oxygen atoms in total. The van der Waals surface area contributed by atoms with Gasteiger partial charge < -0.3 is 19.9 Å². The van der Waals surface area contributed by atoms with Crippen molar-refractivity contribution in [2.75, 3.05) is 31.1 Å². The second-order valence-corrected chi connectivity index (χ2v) is 7.86. The molecule has 2 bridgehead atoms. The summed E-state index contributed by atoms with van der Waals surface area (Å²) in [6, 6.07) is 6.40. The zero-order chi connectivity index (χ0) is 21.4. The number of urea groups is 1. The van der Waals surface area contributed by atoms with Crippen LogP contribution in [0.1, 0.15) is 36.9 Å². The third-order valence-corrected chi connectivity index (χ3v) is 5.90. The predicted octanol–water partition coefficient (Wildman–Crippen LogP) is 3.13. The van der Waals surface area contributed by atoms with E-state index in [2.05, 4.69) is 15.3 Å². The topological polar surface area (TPSA) is 75.0 Å². The van der Waals surface area contributed by atoms with Crippen LogP contribution in [0.15, 0.2) is 36.7 Å². The zero-order valence-electron chi connectivity index (χ0n) is 17.4. The third-order valence-electron chi connectivity index (χ3n) is 5.90. The fourth-order valence-electron chi connectivity index (χ4n) is 4.44. The van der Waals surface area contributed by atoms with Crippen LogP contribution in [0.5, 0.6) is 5.75 Å². The van der Waals surface area contributed by atoms with Crippen molar-refractivity contribution in [2.45, 2.75) is 32.4 Å². The molecule has 1 aromatic carbocycles. The van der Waals surface area contributed by atoms with E-state index in [9.17, 15) is 9.18 Å². The van der Waals surface area contributed by atoms with Crippen molar-refractivity contribution in [3.05, 3.63) is 53.6 Å². The predicted molar refractivity (Wildman–Crippen MR) is 114 cm³/mol. The Morgan fingerprint density at radius 3 is 3.10 bits per heavy atom. The van der Waals surface area contributed by atoms with Crippen LogP contribution in [0.2, 0.25) is 0 Å². The SMILES string of the molecule is CCNC(=O)N1CCOc2ccc(F)cc2C2CCCN2c2ccn3ncc(c3n2)C1. The molecule has 1 N–H and O–H groups in total. The molecule has 162 valence electrons. The van der Waals surface area contributed by atoms with Gasteiger partial charge in [-0.2, -0.15) is 5.10 Å². The molecule has 0 saturated carbocycles. The fourth-order valence-corrected chi connectivity index (χ4v) is 4.44. The first kappa shape index (κ1) is 19.6. The average Bonchev–Trinajstić information content (AvgIpc) is 3.40. The molecule has 1 atom stereocenters. The number of carbonyl (C=O) groups is 1. The minimum absolute atomic E-state index is 0.0210. The Labute approximate surface area is 179 Å². The van der Waals surface area contributed by atoms with Crippen molar-refractivity contribution in [2.24, 2.45) is 0 Å². The lowest BCUT2D eigenvalue weighted by Crippen LogP contribution is -2.41. The number of amides is 2. The quantitative estimate of drug-likeness (QED) is 0.650. The first-order valence-corrected chi connectivity index (χ1v) is 10.7. The smallest absolute Gasteiger partial charge is 0.317 e. The lowest BCUT2D eigenvalue weighted by Gasteiger charge is -2.27. The van der Waals surface area contributed by atoms with Gasteiger partial charge in [0.15, 0.2) is 5.65 Å². The Bertz CT molecular complexity index is 1120. The number of ether oxygens (including phenoxy) is 1. The van der Waals surface area contributed by atoms with Crippen LogP contribution < -0.4 is 15.0 Å². The number of hydrogen-bond donors (Lipinski definition) is 1. The Morgan fingerprint density at radius 1 is 1.32 bits per heavy atom. The zero-order valence-corrected chi connectivity index (χ0v) is 17.4. The Kier molecular flexibility index (Phi) is 5.09. The molecule has 1 saturated heterocycles. The molecule has 0 radical (unpaired) electrons. The number of carbonyl (C=O) groups excluding carboxylic acids is 1. The van der Waals surface area contributed by atoms with E-state index in [0.29, 0.717) is 32.0 Å². The van der Waals surface area contributed by atoms with Gasteiger partial charge in [-0.25, -0.2) is 18.7 Å². The maximum absolute atomic E-state index is 14.2. The molecule has 2 amide bonds. The maximum atomic E-state index is 14.2. The molecule has 2 aliphatic heterocycles. The van der Waals surface area contributed by atoms with E-state index in [-0.39, 0.29) is 17.9 Å². The third kappa shape index (κ3) is 3.64. The van der Waals surface area contributed by atoms with Gasteiger partial charge in [-0.05, 0) is 44.0 Å². The Balaban J connectivity index is 1.62. The van der Waals surface area contributed by atoms with Gasteiger partial charge in [-0.3, -0.25) is 0 Å². The molecule has 1 unspecified atom stereocenters. The van der Waals surface area contributed by atoms with Crippen molar-refractivity contribution >= 4 is 17.5 Å². The van der Waals surface area contributed by atoms with Gasteiger partial charge in [0.25, 0.3) is 0 Å². The van der Waals surface area contributed by atoms with Crippen LogP contribution in [0, 0.1) is 5.82 Å². The highest BCUT2D eigenvalue weighted by molar-refractivity contribution is 5.74. The number of benzene rings is 1. The molecule has 1 fully saturated rings. The molecule has 2 aliphatic rings. The van der Waals surface area contributed by atoms with Crippen LogP contribution >= 0.6 is 0 Å². The number of fused-ring (bicyclic) bond motifs is 5. The summed E-state index contributed by atoms with van der Waals surface area (Å²) in [6.07, 6.45) is 5.52. The molecule has 0 spiro atoms. The largest absolute Gasteiger partial charge is 0.491 e. The fraction of sp³-hybridized carbons (Fsp3) is 0.409. The summed E-state index contributed by atoms with van der Waals surface area (Å²) in [6.45, 7) is 4.31. The molecule has 4 heterocycles. The summed E-state index contributed by atoms with van der Waals surface area (Å²) >= 11 is 0. The summed E-state index contributed by atoms with van der Waals surface area (Å²) in [7, 11) is 0.